The molecule has 0 spiro atoms. The molecule has 31 heavy (non-hydrogen) atoms. The van der Waals surface area contributed by atoms with E-state index in [4.69, 9.17) is 0 Å². The smallest absolute Gasteiger partial charge is 0.293 e. The van der Waals surface area contributed by atoms with E-state index in [9.17, 15) is 19.7 Å². The van der Waals surface area contributed by atoms with Crippen LogP contribution in [-0.4, -0.2) is 29.8 Å². The van der Waals surface area contributed by atoms with Crippen LogP contribution in [0.2, 0.25) is 0 Å². The highest BCUT2D eigenvalue weighted by Gasteiger charge is 2.38. The zero-order chi connectivity index (χ0) is 21.9. The van der Waals surface area contributed by atoms with Crippen molar-refractivity contribution in [2.24, 2.45) is 0 Å². The third kappa shape index (κ3) is 2.73. The topological polar surface area (TPSA) is 83.8 Å². The van der Waals surface area contributed by atoms with E-state index in [1.54, 1.807) is 30.3 Å². The number of hydrogen-bond acceptors (Lipinski definition) is 5. The second-order valence-electron chi connectivity index (χ2n) is 8.14. The van der Waals surface area contributed by atoms with E-state index in [2.05, 4.69) is 0 Å². The third-order valence-electron chi connectivity index (χ3n) is 6.42. The van der Waals surface area contributed by atoms with Crippen LogP contribution < -0.4 is 9.80 Å². The Hall–Kier alpha value is -3.74. The molecule has 3 aromatic carbocycles. The number of nitrogens with zero attached hydrogens (tertiary/aromatic N) is 3. The molecule has 2 aliphatic rings. The summed E-state index contributed by atoms with van der Waals surface area (Å²) in [5.74, 6) is -0.934. The van der Waals surface area contributed by atoms with Gasteiger partial charge < -0.3 is 4.90 Å². The van der Waals surface area contributed by atoms with Crippen molar-refractivity contribution < 1.29 is 14.5 Å². The monoisotopic (exact) mass is 415 g/mol. The van der Waals surface area contributed by atoms with E-state index in [0.717, 1.165) is 42.0 Å². The van der Waals surface area contributed by atoms with Crippen LogP contribution in [0.1, 0.15) is 44.7 Å². The van der Waals surface area contributed by atoms with Gasteiger partial charge in [-0.05, 0) is 49.9 Å². The molecule has 2 amide bonds. The number of amides is 2. The number of rotatable bonds is 3. The maximum absolute atomic E-state index is 13.6. The standard InChI is InChI=1S/C24H21N3O4/c1-14-7-5-10-19(15(14)2)26-23(28)17-9-6-8-16-21(17)18(24(26)29)13-20(27(30)31)22(16)25-11-3-4-12-25/h5-10,13H,3-4,11-12H2,1-2H3. The summed E-state index contributed by atoms with van der Waals surface area (Å²) < 4.78 is 0. The van der Waals surface area contributed by atoms with E-state index in [1.165, 1.54) is 6.07 Å². The zero-order valence-corrected chi connectivity index (χ0v) is 17.3. The molecule has 0 radical (unpaired) electrons. The lowest BCUT2D eigenvalue weighted by Crippen LogP contribution is -2.41. The first-order valence-electron chi connectivity index (χ1n) is 10.3. The molecule has 7 nitrogen and oxygen atoms in total. The fourth-order valence-electron chi connectivity index (χ4n) is 4.74. The van der Waals surface area contributed by atoms with Crippen molar-refractivity contribution in [3.63, 3.8) is 0 Å². The zero-order valence-electron chi connectivity index (χ0n) is 17.3. The van der Waals surface area contributed by atoms with Gasteiger partial charge in [-0.1, -0.05) is 24.3 Å². The van der Waals surface area contributed by atoms with Gasteiger partial charge in [0.1, 0.15) is 5.69 Å². The average molecular weight is 415 g/mol. The predicted molar refractivity (Wildman–Crippen MR) is 119 cm³/mol. The van der Waals surface area contributed by atoms with Crippen molar-refractivity contribution in [2.45, 2.75) is 26.7 Å². The molecule has 0 saturated carbocycles. The van der Waals surface area contributed by atoms with Gasteiger partial charge in [0.25, 0.3) is 17.5 Å². The van der Waals surface area contributed by atoms with Crippen LogP contribution in [-0.2, 0) is 0 Å². The summed E-state index contributed by atoms with van der Waals surface area (Å²) in [6.07, 6.45) is 1.91. The molecule has 0 N–H and O–H groups in total. The number of imide groups is 1. The van der Waals surface area contributed by atoms with E-state index in [-0.39, 0.29) is 11.3 Å². The normalized spacial score (nSPS) is 15.8. The maximum Gasteiger partial charge on any atom is 0.293 e. The molecule has 156 valence electrons. The summed E-state index contributed by atoms with van der Waals surface area (Å²) in [6.45, 7) is 5.21. The van der Waals surface area contributed by atoms with E-state index in [0.29, 0.717) is 27.7 Å². The van der Waals surface area contributed by atoms with E-state index < -0.39 is 16.7 Å². The first-order chi connectivity index (χ1) is 14.9. The van der Waals surface area contributed by atoms with Crippen LogP contribution in [0.3, 0.4) is 0 Å². The van der Waals surface area contributed by atoms with Gasteiger partial charge in [0.2, 0.25) is 0 Å². The maximum atomic E-state index is 13.6. The van der Waals surface area contributed by atoms with Crippen molar-refractivity contribution >= 4 is 39.6 Å². The number of nitro benzene ring substituents is 1. The first-order valence-corrected chi connectivity index (χ1v) is 10.3. The van der Waals surface area contributed by atoms with Gasteiger partial charge in [-0.3, -0.25) is 19.7 Å². The molecule has 0 aliphatic carbocycles. The molecule has 1 saturated heterocycles. The summed E-state index contributed by atoms with van der Waals surface area (Å²) in [6, 6.07) is 12.0. The molecule has 2 aliphatic heterocycles. The highest BCUT2D eigenvalue weighted by atomic mass is 16.6. The summed E-state index contributed by atoms with van der Waals surface area (Å²) in [4.78, 5) is 41.8. The minimum absolute atomic E-state index is 0.0924. The molecular formula is C24H21N3O4. The number of nitro groups is 1. The van der Waals surface area contributed by atoms with Crippen molar-refractivity contribution in [1.82, 2.24) is 0 Å². The Balaban J connectivity index is 1.81. The lowest BCUT2D eigenvalue weighted by atomic mass is 9.91. The Morgan fingerprint density at radius 3 is 2.32 bits per heavy atom. The molecular weight excluding hydrogens is 394 g/mol. The fourth-order valence-corrected chi connectivity index (χ4v) is 4.74. The third-order valence-corrected chi connectivity index (χ3v) is 6.42. The average Bonchev–Trinajstić information content (AvgIpc) is 3.28. The highest BCUT2D eigenvalue weighted by Crippen LogP contribution is 2.44. The molecule has 0 atom stereocenters. The Kier molecular flexibility index (Phi) is 4.28. The molecule has 0 aromatic heterocycles. The Morgan fingerprint density at radius 1 is 0.935 bits per heavy atom. The fraction of sp³-hybridized carbons (Fsp3) is 0.250. The van der Waals surface area contributed by atoms with Gasteiger partial charge in [-0.25, -0.2) is 4.90 Å². The van der Waals surface area contributed by atoms with Crippen molar-refractivity contribution in [1.29, 1.82) is 0 Å². The minimum Gasteiger partial charge on any atom is -0.365 e. The summed E-state index contributed by atoms with van der Waals surface area (Å²) in [5.41, 5.74) is 3.28. The molecule has 5 rings (SSSR count). The largest absolute Gasteiger partial charge is 0.365 e. The lowest BCUT2D eigenvalue weighted by molar-refractivity contribution is -0.384. The van der Waals surface area contributed by atoms with Crippen LogP contribution >= 0.6 is 0 Å². The Labute approximate surface area is 179 Å². The van der Waals surface area contributed by atoms with Crippen LogP contribution in [0.5, 0.6) is 0 Å². The van der Waals surface area contributed by atoms with Crippen molar-refractivity contribution in [3.05, 3.63) is 74.8 Å². The molecule has 3 aromatic rings. The Morgan fingerprint density at radius 2 is 1.61 bits per heavy atom. The van der Waals surface area contributed by atoms with Crippen LogP contribution in [0.25, 0.3) is 10.8 Å². The summed E-state index contributed by atoms with van der Waals surface area (Å²) >= 11 is 0. The lowest BCUT2D eigenvalue weighted by Gasteiger charge is -2.30. The molecule has 2 heterocycles. The van der Waals surface area contributed by atoms with Gasteiger partial charge in [0, 0.05) is 35.5 Å². The van der Waals surface area contributed by atoms with Gasteiger partial charge in [0.05, 0.1) is 16.2 Å². The second-order valence-corrected chi connectivity index (χ2v) is 8.14. The first kappa shape index (κ1) is 19.2. The van der Waals surface area contributed by atoms with Crippen molar-refractivity contribution in [2.75, 3.05) is 22.9 Å². The van der Waals surface area contributed by atoms with Crippen LogP contribution in [0.15, 0.2) is 42.5 Å². The number of anilines is 2. The van der Waals surface area contributed by atoms with Crippen LogP contribution in [0.4, 0.5) is 17.1 Å². The molecule has 0 unspecified atom stereocenters. The Bertz CT molecular complexity index is 1290. The second kappa shape index (κ2) is 6.91. The van der Waals surface area contributed by atoms with Gasteiger partial charge in [-0.15, -0.1) is 0 Å². The van der Waals surface area contributed by atoms with E-state index in [1.807, 2.05) is 24.8 Å². The van der Waals surface area contributed by atoms with E-state index >= 15 is 0 Å². The number of benzene rings is 3. The van der Waals surface area contributed by atoms with Crippen LogP contribution in [0, 0.1) is 24.0 Å². The number of aryl methyl sites for hydroxylation is 1. The van der Waals surface area contributed by atoms with Gasteiger partial charge >= 0.3 is 0 Å². The van der Waals surface area contributed by atoms with Gasteiger partial charge in [-0.2, -0.15) is 0 Å². The highest BCUT2D eigenvalue weighted by molar-refractivity contribution is 6.37. The predicted octanol–water partition coefficient (Wildman–Crippen LogP) is 4.77. The quantitative estimate of drug-likeness (QED) is 0.350. The molecule has 0 bridgehead atoms. The summed E-state index contributed by atoms with van der Waals surface area (Å²) in [5, 5.41) is 13.1. The SMILES string of the molecule is Cc1cccc(N2C(=O)c3cccc4c(N5CCCC5)c([N+](=O)[O-])cc(c34)C2=O)c1C. The number of carbonyl (C=O) groups excluding carboxylic acids is 2. The molecule has 1 fully saturated rings. The van der Waals surface area contributed by atoms with Gasteiger partial charge in [0.15, 0.2) is 0 Å². The number of carbonyl (C=O) groups is 2. The summed E-state index contributed by atoms with van der Waals surface area (Å²) in [7, 11) is 0. The molecule has 7 heteroatoms. The number of hydrogen-bond donors (Lipinski definition) is 0. The minimum atomic E-state index is -0.529. The van der Waals surface area contributed by atoms with Crippen molar-refractivity contribution in [3.8, 4) is 0 Å².